The summed E-state index contributed by atoms with van der Waals surface area (Å²) in [5.74, 6) is -0.938. The molecule has 0 aliphatic carbocycles. The number of hydrogen-bond donors (Lipinski definition) is 1. The molecule has 0 radical (unpaired) electrons. The number of aromatic nitrogens is 1. The Labute approximate surface area is 105 Å². The maximum atomic E-state index is 13.6. The minimum atomic E-state index is -0.629. The minimum absolute atomic E-state index is 0.266. The van der Waals surface area contributed by atoms with Crippen molar-refractivity contribution in [3.63, 3.8) is 0 Å². The Kier molecular flexibility index (Phi) is 3.13. The van der Waals surface area contributed by atoms with Crippen LogP contribution in [0.5, 0.6) is 0 Å². The summed E-state index contributed by atoms with van der Waals surface area (Å²) >= 11 is 0. The summed E-state index contributed by atoms with van der Waals surface area (Å²) < 4.78 is 26.4. The first-order valence-corrected chi connectivity index (χ1v) is 6.25. The molecule has 1 aromatic rings. The summed E-state index contributed by atoms with van der Waals surface area (Å²) in [5, 5.41) is 3.25. The Morgan fingerprint density at radius 3 is 2.44 bits per heavy atom. The van der Waals surface area contributed by atoms with E-state index in [9.17, 15) is 8.78 Å². The van der Waals surface area contributed by atoms with Crippen molar-refractivity contribution in [2.45, 2.75) is 6.04 Å². The normalized spacial score (nSPS) is 22.0. The van der Waals surface area contributed by atoms with Crippen LogP contribution in [0.2, 0.25) is 0 Å². The van der Waals surface area contributed by atoms with E-state index in [1.54, 1.807) is 0 Å². The molecule has 2 aliphatic heterocycles. The van der Waals surface area contributed by atoms with Crippen LogP contribution in [0.1, 0.15) is 0 Å². The van der Waals surface area contributed by atoms with Gasteiger partial charge in [0, 0.05) is 51.4 Å². The summed E-state index contributed by atoms with van der Waals surface area (Å²) in [5.41, 5.74) is 0. The third kappa shape index (κ3) is 2.18. The van der Waals surface area contributed by atoms with Gasteiger partial charge in [0.1, 0.15) is 5.82 Å². The van der Waals surface area contributed by atoms with E-state index >= 15 is 0 Å². The summed E-state index contributed by atoms with van der Waals surface area (Å²) in [6.07, 6.45) is 1.07. The van der Waals surface area contributed by atoms with Crippen molar-refractivity contribution in [1.29, 1.82) is 0 Å². The highest BCUT2D eigenvalue weighted by molar-refractivity contribution is 5.40. The van der Waals surface area contributed by atoms with Crippen LogP contribution >= 0.6 is 0 Å². The maximum Gasteiger partial charge on any atom is 0.168 e. The summed E-state index contributed by atoms with van der Waals surface area (Å²) in [6, 6.07) is 1.52. The predicted molar refractivity (Wildman–Crippen MR) is 64.6 cm³/mol. The largest absolute Gasteiger partial charge is 0.352 e. The second-order valence-corrected chi connectivity index (χ2v) is 4.79. The van der Waals surface area contributed by atoms with Gasteiger partial charge in [0.2, 0.25) is 0 Å². The zero-order valence-electron chi connectivity index (χ0n) is 10.1. The standard InChI is InChI=1S/C12H16F2N4/c13-9-5-11(14)12(16-6-9)18-3-1-17(2-4-18)10-7-15-8-10/h5-6,10,15H,1-4,7-8H2. The van der Waals surface area contributed by atoms with Crippen LogP contribution in [-0.4, -0.2) is 55.2 Å². The predicted octanol–water partition coefficient (Wildman–Crippen LogP) is 0.454. The minimum Gasteiger partial charge on any atom is -0.352 e. The van der Waals surface area contributed by atoms with Gasteiger partial charge in [0.15, 0.2) is 11.6 Å². The van der Waals surface area contributed by atoms with Crippen LogP contribution < -0.4 is 10.2 Å². The van der Waals surface area contributed by atoms with Gasteiger partial charge in [0.05, 0.1) is 6.20 Å². The van der Waals surface area contributed by atoms with Gasteiger partial charge < -0.3 is 10.2 Å². The Balaban J connectivity index is 1.64. The number of piperazine rings is 1. The van der Waals surface area contributed by atoms with Crippen molar-refractivity contribution >= 4 is 5.82 Å². The molecule has 0 bridgehead atoms. The molecule has 3 rings (SSSR count). The molecule has 1 N–H and O–H groups in total. The molecule has 2 fully saturated rings. The molecule has 0 spiro atoms. The van der Waals surface area contributed by atoms with Crippen LogP contribution in [0.25, 0.3) is 0 Å². The van der Waals surface area contributed by atoms with E-state index in [1.165, 1.54) is 0 Å². The Bertz CT molecular complexity index is 428. The molecule has 0 saturated carbocycles. The third-order valence-electron chi connectivity index (χ3n) is 3.68. The fourth-order valence-electron chi connectivity index (χ4n) is 2.47. The Morgan fingerprint density at radius 2 is 1.89 bits per heavy atom. The first-order valence-electron chi connectivity index (χ1n) is 6.25. The highest BCUT2D eigenvalue weighted by atomic mass is 19.1. The highest BCUT2D eigenvalue weighted by Crippen LogP contribution is 2.19. The number of rotatable bonds is 2. The van der Waals surface area contributed by atoms with Gasteiger partial charge in [-0.3, -0.25) is 4.90 Å². The molecule has 6 heteroatoms. The summed E-state index contributed by atoms with van der Waals surface area (Å²) in [7, 11) is 0. The average molecular weight is 254 g/mol. The molecule has 0 unspecified atom stereocenters. The lowest BCUT2D eigenvalue weighted by atomic mass is 10.1. The van der Waals surface area contributed by atoms with Crippen LogP contribution in [0, 0.1) is 11.6 Å². The monoisotopic (exact) mass is 254 g/mol. The van der Waals surface area contributed by atoms with Crippen molar-refractivity contribution in [2.75, 3.05) is 44.2 Å². The number of nitrogens with zero attached hydrogens (tertiary/aromatic N) is 3. The first kappa shape index (κ1) is 11.8. The Hall–Kier alpha value is -1.27. The smallest absolute Gasteiger partial charge is 0.168 e. The van der Waals surface area contributed by atoms with Gasteiger partial charge in [0.25, 0.3) is 0 Å². The number of anilines is 1. The SMILES string of the molecule is Fc1cnc(N2CCN(C3CNC3)CC2)c(F)c1. The van der Waals surface area contributed by atoms with Gasteiger partial charge in [-0.1, -0.05) is 0 Å². The lowest BCUT2D eigenvalue weighted by Crippen LogP contribution is -2.61. The van der Waals surface area contributed by atoms with Crippen molar-refractivity contribution in [3.05, 3.63) is 23.9 Å². The zero-order chi connectivity index (χ0) is 12.5. The molecule has 1 aromatic heterocycles. The summed E-state index contributed by atoms with van der Waals surface area (Å²) in [4.78, 5) is 8.15. The van der Waals surface area contributed by atoms with Crippen LogP contribution in [0.4, 0.5) is 14.6 Å². The van der Waals surface area contributed by atoms with E-state index in [4.69, 9.17) is 0 Å². The van der Waals surface area contributed by atoms with Gasteiger partial charge in [-0.25, -0.2) is 13.8 Å². The van der Waals surface area contributed by atoms with Crippen LogP contribution in [-0.2, 0) is 0 Å². The van der Waals surface area contributed by atoms with Gasteiger partial charge in [-0.2, -0.15) is 0 Å². The topological polar surface area (TPSA) is 31.4 Å². The number of nitrogens with one attached hydrogen (secondary N) is 1. The fourth-order valence-corrected chi connectivity index (χ4v) is 2.47. The zero-order valence-corrected chi connectivity index (χ0v) is 10.1. The molecule has 98 valence electrons. The van der Waals surface area contributed by atoms with Crippen LogP contribution in [0.15, 0.2) is 12.3 Å². The molecule has 2 aliphatic rings. The Morgan fingerprint density at radius 1 is 1.17 bits per heavy atom. The van der Waals surface area contributed by atoms with Crippen molar-refractivity contribution in [3.8, 4) is 0 Å². The van der Waals surface area contributed by atoms with E-state index < -0.39 is 11.6 Å². The van der Waals surface area contributed by atoms with E-state index in [1.807, 2.05) is 4.90 Å². The molecule has 0 atom stereocenters. The lowest BCUT2D eigenvalue weighted by Gasteiger charge is -2.43. The van der Waals surface area contributed by atoms with Gasteiger partial charge in [-0.15, -0.1) is 0 Å². The summed E-state index contributed by atoms with van der Waals surface area (Å²) in [6.45, 7) is 5.39. The average Bonchev–Trinajstić information content (AvgIpc) is 2.28. The van der Waals surface area contributed by atoms with Crippen molar-refractivity contribution in [2.24, 2.45) is 0 Å². The molecule has 0 amide bonds. The quantitative estimate of drug-likeness (QED) is 0.830. The molecule has 3 heterocycles. The van der Waals surface area contributed by atoms with E-state index in [0.29, 0.717) is 6.04 Å². The molecule has 18 heavy (non-hydrogen) atoms. The van der Waals surface area contributed by atoms with E-state index in [2.05, 4.69) is 15.2 Å². The molecule has 0 aromatic carbocycles. The van der Waals surface area contributed by atoms with E-state index in [-0.39, 0.29) is 5.82 Å². The lowest BCUT2D eigenvalue weighted by molar-refractivity contribution is 0.137. The second-order valence-electron chi connectivity index (χ2n) is 4.79. The molecule has 4 nitrogen and oxygen atoms in total. The van der Waals surface area contributed by atoms with Crippen molar-refractivity contribution in [1.82, 2.24) is 15.2 Å². The second kappa shape index (κ2) is 4.78. The van der Waals surface area contributed by atoms with Gasteiger partial charge in [-0.05, 0) is 0 Å². The van der Waals surface area contributed by atoms with Crippen molar-refractivity contribution < 1.29 is 8.78 Å². The first-order chi connectivity index (χ1) is 8.74. The molecule has 2 saturated heterocycles. The molecular formula is C12H16F2N4. The highest BCUT2D eigenvalue weighted by Gasteiger charge is 2.28. The number of hydrogen-bond acceptors (Lipinski definition) is 4. The molecular weight excluding hydrogens is 238 g/mol. The third-order valence-corrected chi connectivity index (χ3v) is 3.68. The van der Waals surface area contributed by atoms with E-state index in [0.717, 1.165) is 51.5 Å². The number of halogens is 2. The fraction of sp³-hybridized carbons (Fsp3) is 0.583. The van der Waals surface area contributed by atoms with Crippen LogP contribution in [0.3, 0.4) is 0 Å². The maximum absolute atomic E-state index is 13.6. The van der Waals surface area contributed by atoms with Gasteiger partial charge >= 0.3 is 0 Å². The number of pyridine rings is 1.